The number of Topliss-reactive ketones (excluding diaryl/α,β-unsaturated/α-hetero) is 1. The van der Waals surface area contributed by atoms with Crippen molar-refractivity contribution in [2.24, 2.45) is 12.8 Å². The topological polar surface area (TPSA) is 147 Å². The number of aryl methyl sites for hydroxylation is 2. The molecule has 3 N–H and O–H groups in total. The number of nitrogens with one attached hydrogen (secondary N) is 1. The van der Waals surface area contributed by atoms with Crippen molar-refractivity contribution >= 4 is 34.6 Å². The third-order valence-corrected chi connectivity index (χ3v) is 7.51. The van der Waals surface area contributed by atoms with E-state index in [1.165, 1.54) is 49.7 Å². The van der Waals surface area contributed by atoms with Crippen LogP contribution in [0.1, 0.15) is 29.0 Å². The number of pyridine rings is 1. The van der Waals surface area contributed by atoms with Crippen LogP contribution in [0.5, 0.6) is 0 Å². The van der Waals surface area contributed by atoms with Crippen molar-refractivity contribution < 1.29 is 22.8 Å². The van der Waals surface area contributed by atoms with E-state index in [0.29, 0.717) is 0 Å². The van der Waals surface area contributed by atoms with Gasteiger partial charge < -0.3 is 15.6 Å². The van der Waals surface area contributed by atoms with Crippen molar-refractivity contribution in [3.8, 4) is 0 Å². The van der Waals surface area contributed by atoms with E-state index in [1.54, 1.807) is 0 Å². The van der Waals surface area contributed by atoms with Crippen LogP contribution in [0.4, 0.5) is 13.2 Å². The zero-order valence-corrected chi connectivity index (χ0v) is 20.2. The van der Waals surface area contributed by atoms with Gasteiger partial charge in [-0.05, 0) is 25.5 Å². The Hall–Kier alpha value is -3.46. The smallest absolute Gasteiger partial charge is 0.335 e. The van der Waals surface area contributed by atoms with Crippen molar-refractivity contribution in [2.75, 3.05) is 5.75 Å². The molecule has 0 radical (unpaired) electrons. The van der Waals surface area contributed by atoms with Crippen molar-refractivity contribution in [1.29, 1.82) is 0 Å². The number of alkyl halides is 3. The van der Waals surface area contributed by atoms with Crippen LogP contribution < -0.4 is 22.3 Å². The lowest BCUT2D eigenvalue weighted by Crippen LogP contribution is -2.66. The summed E-state index contributed by atoms with van der Waals surface area (Å²) >= 11 is 1.27. The lowest BCUT2D eigenvalue weighted by Gasteiger charge is -2.46. The highest BCUT2D eigenvalue weighted by atomic mass is 32.2. The summed E-state index contributed by atoms with van der Waals surface area (Å²) in [5, 5.41) is 1.96. The Balaban J connectivity index is 1.60. The van der Waals surface area contributed by atoms with Gasteiger partial charge in [0.05, 0.1) is 23.7 Å². The maximum absolute atomic E-state index is 13.3. The van der Waals surface area contributed by atoms with E-state index in [9.17, 15) is 32.3 Å². The minimum absolute atomic E-state index is 0.0301. The molecular formula is C21H22F3N7O4S. The van der Waals surface area contributed by atoms with Gasteiger partial charge in [0, 0.05) is 24.7 Å². The van der Waals surface area contributed by atoms with E-state index in [2.05, 4.69) is 15.3 Å². The number of carbonyl (C=O) groups excluding carboxylic acids is 2. The van der Waals surface area contributed by atoms with Crippen LogP contribution in [0.3, 0.4) is 0 Å². The summed E-state index contributed by atoms with van der Waals surface area (Å²) in [4.78, 5) is 57.6. The summed E-state index contributed by atoms with van der Waals surface area (Å²) in [6, 6.07) is 0.980. The Bertz CT molecular complexity index is 1510. The van der Waals surface area contributed by atoms with E-state index < -0.39 is 58.7 Å². The number of amides is 1. The summed E-state index contributed by atoms with van der Waals surface area (Å²) in [6.07, 6.45) is -2.07. The summed E-state index contributed by atoms with van der Waals surface area (Å²) in [5.41, 5.74) is 2.64. The van der Waals surface area contributed by atoms with Gasteiger partial charge in [-0.1, -0.05) is 0 Å². The van der Waals surface area contributed by atoms with E-state index in [4.69, 9.17) is 5.73 Å². The fraction of sp³-hybridized carbons (Fsp3) is 0.429. The number of aromatic nitrogens is 5. The first-order valence-corrected chi connectivity index (χ1v) is 11.7. The zero-order chi connectivity index (χ0) is 26.6. The third-order valence-electron chi connectivity index (χ3n) is 5.84. The largest absolute Gasteiger partial charge is 0.418 e. The van der Waals surface area contributed by atoms with Crippen molar-refractivity contribution in [2.45, 2.75) is 44.0 Å². The van der Waals surface area contributed by atoms with Crippen LogP contribution >= 0.6 is 11.8 Å². The Morgan fingerprint density at radius 1 is 1.28 bits per heavy atom. The highest BCUT2D eigenvalue weighted by Crippen LogP contribution is 2.48. The molecule has 1 saturated heterocycles. The normalized spacial score (nSPS) is 19.8. The molecule has 1 fully saturated rings. The molecule has 1 aliphatic rings. The second kappa shape index (κ2) is 8.89. The quantitative estimate of drug-likeness (QED) is 0.442. The first kappa shape index (κ1) is 25.6. The minimum atomic E-state index is -4.58. The third kappa shape index (κ3) is 4.43. The van der Waals surface area contributed by atoms with Gasteiger partial charge in [0.15, 0.2) is 11.2 Å². The molecule has 192 valence electrons. The molecule has 1 aliphatic heterocycles. The molecule has 0 saturated carbocycles. The van der Waals surface area contributed by atoms with Gasteiger partial charge in [0.1, 0.15) is 18.0 Å². The molecular weight excluding hydrogens is 503 g/mol. The average molecular weight is 526 g/mol. The van der Waals surface area contributed by atoms with Gasteiger partial charge in [-0.3, -0.25) is 28.5 Å². The Labute approximate surface area is 205 Å². The molecule has 1 unspecified atom stereocenters. The Morgan fingerprint density at radius 2 is 1.97 bits per heavy atom. The van der Waals surface area contributed by atoms with Crippen molar-refractivity contribution in [1.82, 2.24) is 29.0 Å². The Kier molecular flexibility index (Phi) is 6.33. The molecule has 0 bridgehead atoms. The predicted molar refractivity (Wildman–Crippen MR) is 124 cm³/mol. The predicted octanol–water partition coefficient (Wildman–Crippen LogP) is 0.467. The number of carbonyl (C=O) groups is 2. The van der Waals surface area contributed by atoms with Crippen LogP contribution in [-0.2, 0) is 35.9 Å². The molecule has 4 heterocycles. The van der Waals surface area contributed by atoms with Gasteiger partial charge in [0.2, 0.25) is 5.91 Å². The van der Waals surface area contributed by atoms with Crippen LogP contribution in [0.15, 0.2) is 28.2 Å². The number of hydrogen-bond donors (Lipinski definition) is 2. The van der Waals surface area contributed by atoms with Gasteiger partial charge in [-0.2, -0.15) is 13.2 Å². The molecule has 3 aromatic rings. The number of imidazole rings is 1. The van der Waals surface area contributed by atoms with Gasteiger partial charge in [0.25, 0.3) is 5.56 Å². The summed E-state index contributed by atoms with van der Waals surface area (Å²) in [7, 11) is 1.38. The monoisotopic (exact) mass is 525 g/mol. The minimum Gasteiger partial charge on any atom is -0.335 e. The number of nitrogens with two attached hydrogens (primary N) is 1. The first-order valence-electron chi connectivity index (χ1n) is 10.6. The molecule has 15 heteroatoms. The fourth-order valence-corrected chi connectivity index (χ4v) is 5.22. The van der Waals surface area contributed by atoms with E-state index >= 15 is 0 Å². The molecule has 0 aliphatic carbocycles. The number of thioether (sulfide) groups is 1. The second-order valence-electron chi connectivity index (χ2n) is 8.66. The molecule has 36 heavy (non-hydrogen) atoms. The lowest BCUT2D eigenvalue weighted by molar-refractivity contribution is -0.138. The average Bonchev–Trinajstić information content (AvgIpc) is 3.18. The first-order chi connectivity index (χ1) is 16.7. The number of ketones is 1. The lowest BCUT2D eigenvalue weighted by atomic mass is 9.99. The number of rotatable bonds is 6. The van der Waals surface area contributed by atoms with Crippen LogP contribution in [0.2, 0.25) is 0 Å². The van der Waals surface area contributed by atoms with E-state index in [0.717, 1.165) is 15.2 Å². The van der Waals surface area contributed by atoms with E-state index in [-0.39, 0.29) is 28.2 Å². The number of fused-ring (bicyclic) bond motifs is 1. The van der Waals surface area contributed by atoms with Crippen molar-refractivity contribution in [3.63, 3.8) is 0 Å². The highest BCUT2D eigenvalue weighted by Gasteiger charge is 2.47. The van der Waals surface area contributed by atoms with Crippen LogP contribution in [-0.4, -0.2) is 46.8 Å². The highest BCUT2D eigenvalue weighted by molar-refractivity contribution is 8.01. The maximum Gasteiger partial charge on any atom is 0.418 e. The van der Waals surface area contributed by atoms with Crippen LogP contribution in [0, 0.1) is 6.92 Å². The van der Waals surface area contributed by atoms with Gasteiger partial charge in [-0.15, -0.1) is 11.8 Å². The molecule has 11 nitrogen and oxygen atoms in total. The number of hydrogen-bond acceptors (Lipinski definition) is 8. The summed E-state index contributed by atoms with van der Waals surface area (Å²) in [6.45, 7) is 1.65. The SMILES string of the molecule is CC(=O)Cn1c(=O)c2c(ncn2CC(=O)NC2(N)CS[C@@H]2c2cnc(C)c(C(F)(F)F)c2)n(C)c1=O. The maximum atomic E-state index is 13.3. The Morgan fingerprint density at radius 3 is 2.56 bits per heavy atom. The molecule has 3 aromatic heterocycles. The molecule has 0 spiro atoms. The molecule has 2 atom stereocenters. The van der Waals surface area contributed by atoms with Gasteiger partial charge in [-0.25, -0.2) is 9.78 Å². The zero-order valence-electron chi connectivity index (χ0n) is 19.4. The molecule has 0 aromatic carbocycles. The standard InChI is InChI=1S/C21H22F3N7O4S/c1-10(32)6-31-18(34)15-17(29(3)19(31)35)27-9-30(15)7-14(33)28-20(25)8-36-16(20)12-4-13(21(22,23)24)11(2)26-5-12/h4-5,9,16H,6-8,25H2,1-3H3,(H,28,33)/t16-,20?/m1/s1. The number of halogens is 3. The summed E-state index contributed by atoms with van der Waals surface area (Å²) < 4.78 is 43.0. The van der Waals surface area contributed by atoms with Gasteiger partial charge >= 0.3 is 11.9 Å². The number of nitrogens with zero attached hydrogens (tertiary/aromatic N) is 5. The fourth-order valence-electron chi connectivity index (χ4n) is 4.08. The summed E-state index contributed by atoms with van der Waals surface area (Å²) in [5.74, 6) is -0.789. The molecule has 4 rings (SSSR count). The van der Waals surface area contributed by atoms with Crippen LogP contribution in [0.25, 0.3) is 11.2 Å². The molecule has 1 amide bonds. The van der Waals surface area contributed by atoms with E-state index in [1.807, 2.05) is 0 Å². The second-order valence-corrected chi connectivity index (χ2v) is 9.75. The van der Waals surface area contributed by atoms with Crippen molar-refractivity contribution in [3.05, 3.63) is 56.2 Å².